The van der Waals surface area contributed by atoms with Crippen molar-refractivity contribution in [2.45, 2.75) is 18.5 Å². The molecule has 1 N–H and O–H groups in total. The first-order chi connectivity index (χ1) is 15.1. The Labute approximate surface area is 179 Å². The van der Waals surface area contributed by atoms with Gasteiger partial charge in [-0.15, -0.1) is 0 Å². The Morgan fingerprint density at radius 1 is 1.23 bits per heavy atom. The van der Waals surface area contributed by atoms with Crippen molar-refractivity contribution >= 4 is 17.4 Å². The van der Waals surface area contributed by atoms with Crippen molar-refractivity contribution in [2.75, 3.05) is 29.9 Å². The van der Waals surface area contributed by atoms with E-state index in [1.807, 2.05) is 37.5 Å². The fourth-order valence-electron chi connectivity index (χ4n) is 4.56. The highest BCUT2D eigenvalue weighted by atomic mass is 16.1. The molecule has 2 bridgehead atoms. The second kappa shape index (κ2) is 7.40. The summed E-state index contributed by atoms with van der Waals surface area (Å²) in [5.41, 5.74) is 3.01. The van der Waals surface area contributed by atoms with Gasteiger partial charge in [-0.3, -0.25) is 9.48 Å². The molecule has 2 aromatic heterocycles. The average Bonchev–Trinajstić information content (AvgIpc) is 3.54. The summed E-state index contributed by atoms with van der Waals surface area (Å²) >= 11 is 0. The molecule has 0 saturated carbocycles. The number of nitrogens with zero attached hydrogens (tertiary/aromatic N) is 7. The van der Waals surface area contributed by atoms with Crippen LogP contribution in [-0.2, 0) is 7.05 Å². The molecule has 2 atom stereocenters. The number of aryl methyl sites for hydroxylation is 1. The number of aromatic nitrogens is 4. The highest BCUT2D eigenvalue weighted by Gasteiger charge is 2.44. The third-order valence-electron chi connectivity index (χ3n) is 6.03. The van der Waals surface area contributed by atoms with Crippen molar-refractivity contribution < 1.29 is 4.79 Å². The maximum Gasteiger partial charge on any atom is 0.251 e. The minimum atomic E-state index is -0.0876. The summed E-state index contributed by atoms with van der Waals surface area (Å²) in [5.74, 6) is 1.16. The Balaban J connectivity index is 1.41. The van der Waals surface area contributed by atoms with E-state index in [1.165, 1.54) is 0 Å². The maximum atomic E-state index is 12.0. The highest BCUT2D eigenvalue weighted by Crippen LogP contribution is 2.38. The zero-order chi connectivity index (χ0) is 21.5. The number of carbonyl (C=O) groups excluding carboxylic acids is 1. The Hall–Kier alpha value is -3.93. The Morgan fingerprint density at radius 2 is 2.03 bits per heavy atom. The number of nitriles is 1. The van der Waals surface area contributed by atoms with E-state index in [4.69, 9.17) is 4.98 Å². The number of anilines is 2. The summed E-state index contributed by atoms with van der Waals surface area (Å²) in [7, 11) is 3.49. The Morgan fingerprint density at radius 3 is 2.71 bits per heavy atom. The van der Waals surface area contributed by atoms with Crippen LogP contribution in [0.3, 0.4) is 0 Å². The fourth-order valence-corrected chi connectivity index (χ4v) is 4.56. The number of amides is 1. The van der Waals surface area contributed by atoms with Gasteiger partial charge in [0.2, 0.25) is 0 Å². The van der Waals surface area contributed by atoms with E-state index < -0.39 is 0 Å². The van der Waals surface area contributed by atoms with E-state index in [-0.39, 0.29) is 11.9 Å². The lowest BCUT2D eigenvalue weighted by atomic mass is 10.1. The Kier molecular flexibility index (Phi) is 4.55. The van der Waals surface area contributed by atoms with Gasteiger partial charge in [0.15, 0.2) is 11.6 Å². The van der Waals surface area contributed by atoms with Gasteiger partial charge in [0.25, 0.3) is 5.91 Å². The van der Waals surface area contributed by atoms with Crippen LogP contribution in [0.5, 0.6) is 0 Å². The number of nitrogens with one attached hydrogen (secondary N) is 1. The molecule has 2 saturated heterocycles. The summed E-state index contributed by atoms with van der Waals surface area (Å²) < 4.78 is 1.71. The number of hydrogen-bond acceptors (Lipinski definition) is 7. The smallest absolute Gasteiger partial charge is 0.251 e. The van der Waals surface area contributed by atoms with Crippen LogP contribution in [0.1, 0.15) is 22.3 Å². The quantitative estimate of drug-likeness (QED) is 0.691. The van der Waals surface area contributed by atoms with E-state index in [0.29, 0.717) is 28.8 Å². The molecule has 5 rings (SSSR count). The molecule has 2 aliphatic heterocycles. The molecule has 2 aliphatic rings. The number of benzene rings is 1. The van der Waals surface area contributed by atoms with Crippen molar-refractivity contribution in [1.82, 2.24) is 25.1 Å². The topological polar surface area (TPSA) is 103 Å². The first-order valence-corrected chi connectivity index (χ1v) is 10.2. The molecule has 0 spiro atoms. The van der Waals surface area contributed by atoms with Gasteiger partial charge < -0.3 is 15.1 Å². The van der Waals surface area contributed by atoms with E-state index in [0.717, 1.165) is 30.8 Å². The largest absolute Gasteiger partial charge is 0.365 e. The van der Waals surface area contributed by atoms with Crippen molar-refractivity contribution in [2.24, 2.45) is 7.05 Å². The molecule has 2 fully saturated rings. The van der Waals surface area contributed by atoms with Crippen LogP contribution >= 0.6 is 0 Å². The number of fused-ring (bicyclic) bond motifs is 2. The van der Waals surface area contributed by atoms with Crippen LogP contribution in [0, 0.1) is 11.3 Å². The third kappa shape index (κ3) is 3.26. The lowest BCUT2D eigenvalue weighted by molar-refractivity contribution is 0.0963. The molecular weight excluding hydrogens is 392 g/mol. The second-order valence-electron chi connectivity index (χ2n) is 7.92. The minimum absolute atomic E-state index is 0.0876. The van der Waals surface area contributed by atoms with Gasteiger partial charge in [-0.05, 0) is 24.6 Å². The fraction of sp³-hybridized carbons (Fsp3) is 0.318. The number of carbonyl (C=O) groups is 1. The van der Waals surface area contributed by atoms with Crippen LogP contribution in [0.4, 0.5) is 11.5 Å². The summed E-state index contributed by atoms with van der Waals surface area (Å²) in [4.78, 5) is 25.7. The van der Waals surface area contributed by atoms with Crippen LogP contribution in [0.2, 0.25) is 0 Å². The zero-order valence-corrected chi connectivity index (χ0v) is 17.4. The number of rotatable bonds is 4. The molecule has 31 heavy (non-hydrogen) atoms. The van der Waals surface area contributed by atoms with Gasteiger partial charge in [0, 0.05) is 50.7 Å². The van der Waals surface area contributed by atoms with Gasteiger partial charge in [-0.1, -0.05) is 6.07 Å². The first kappa shape index (κ1) is 19.1. The predicted octanol–water partition coefficient (Wildman–Crippen LogP) is 1.58. The highest BCUT2D eigenvalue weighted by molar-refractivity contribution is 5.95. The SMILES string of the molecule is CNC(=O)c1cccc(N2C[C@@H]3C[C@H]2CN3c2nc(-c3cnn(C)c3)ncc2C#N)c1. The van der Waals surface area contributed by atoms with Crippen molar-refractivity contribution in [3.05, 3.63) is 54.0 Å². The molecule has 1 amide bonds. The lowest BCUT2D eigenvalue weighted by Gasteiger charge is -2.36. The number of piperazine rings is 1. The summed E-state index contributed by atoms with van der Waals surface area (Å²) in [6, 6.07) is 10.5. The van der Waals surface area contributed by atoms with Crippen LogP contribution < -0.4 is 15.1 Å². The molecule has 3 aromatic rings. The molecule has 1 aromatic carbocycles. The minimum Gasteiger partial charge on any atom is -0.365 e. The monoisotopic (exact) mass is 414 g/mol. The first-order valence-electron chi connectivity index (χ1n) is 10.2. The number of hydrogen-bond donors (Lipinski definition) is 1. The summed E-state index contributed by atoms with van der Waals surface area (Å²) in [6.07, 6.45) is 6.17. The third-order valence-corrected chi connectivity index (χ3v) is 6.03. The predicted molar refractivity (Wildman–Crippen MR) is 116 cm³/mol. The van der Waals surface area contributed by atoms with Crippen molar-refractivity contribution in [1.29, 1.82) is 5.26 Å². The van der Waals surface area contributed by atoms with Gasteiger partial charge in [-0.25, -0.2) is 9.97 Å². The lowest BCUT2D eigenvalue weighted by Crippen LogP contribution is -2.47. The maximum absolute atomic E-state index is 12.0. The van der Waals surface area contributed by atoms with E-state index in [2.05, 4.69) is 31.3 Å². The standard InChI is InChI=1S/C22H22N8O/c1-24-22(31)14-4-3-5-17(6-14)29-12-19-7-18(29)13-30(19)21-15(8-23)9-25-20(27-21)16-10-26-28(2)11-16/h3-6,9-11,18-19H,7,12-13H2,1-2H3,(H,24,31)/t18-,19-/m0/s1. The zero-order valence-electron chi connectivity index (χ0n) is 17.4. The second-order valence-corrected chi connectivity index (χ2v) is 7.92. The average molecular weight is 414 g/mol. The van der Waals surface area contributed by atoms with Gasteiger partial charge in [-0.2, -0.15) is 10.4 Å². The van der Waals surface area contributed by atoms with Crippen LogP contribution in [0.15, 0.2) is 42.9 Å². The molecule has 9 heteroatoms. The van der Waals surface area contributed by atoms with E-state index in [9.17, 15) is 10.1 Å². The van der Waals surface area contributed by atoms with E-state index in [1.54, 1.807) is 24.1 Å². The van der Waals surface area contributed by atoms with Crippen LogP contribution in [-0.4, -0.2) is 57.9 Å². The molecule has 0 unspecified atom stereocenters. The van der Waals surface area contributed by atoms with Crippen molar-refractivity contribution in [3.8, 4) is 17.5 Å². The molecule has 4 heterocycles. The molecule has 0 aliphatic carbocycles. The van der Waals surface area contributed by atoms with Gasteiger partial charge in [0.1, 0.15) is 11.6 Å². The molecule has 156 valence electrons. The molecule has 0 radical (unpaired) electrons. The Bertz CT molecular complexity index is 1200. The van der Waals surface area contributed by atoms with E-state index >= 15 is 0 Å². The summed E-state index contributed by atoms with van der Waals surface area (Å²) in [6.45, 7) is 1.59. The molecule has 9 nitrogen and oxygen atoms in total. The molecular formula is C22H22N8O. The summed E-state index contributed by atoms with van der Waals surface area (Å²) in [5, 5.41) is 16.5. The normalized spacial score (nSPS) is 19.5. The van der Waals surface area contributed by atoms with Gasteiger partial charge in [0.05, 0.1) is 24.0 Å². The van der Waals surface area contributed by atoms with Crippen molar-refractivity contribution in [3.63, 3.8) is 0 Å². The van der Waals surface area contributed by atoms with Gasteiger partial charge >= 0.3 is 0 Å². The van der Waals surface area contributed by atoms with Crippen LogP contribution in [0.25, 0.3) is 11.4 Å².